The van der Waals surface area contributed by atoms with Gasteiger partial charge in [0.2, 0.25) is 0 Å². The van der Waals surface area contributed by atoms with Crippen molar-refractivity contribution < 1.29 is 4.74 Å². The van der Waals surface area contributed by atoms with Crippen LogP contribution in [0.4, 0.5) is 11.4 Å². The predicted octanol–water partition coefficient (Wildman–Crippen LogP) is 2.66. The Balaban J connectivity index is 1.94. The van der Waals surface area contributed by atoms with Crippen LogP contribution in [0.1, 0.15) is 26.2 Å². The first kappa shape index (κ1) is 12.2. The Kier molecular flexibility index (Phi) is 4.26. The van der Waals surface area contributed by atoms with Crippen LogP contribution in [0.2, 0.25) is 0 Å². The Bertz CT molecular complexity index is 337. The lowest BCUT2D eigenvalue weighted by Gasteiger charge is -2.34. The Morgan fingerprint density at radius 2 is 2.12 bits per heavy atom. The van der Waals surface area contributed by atoms with Crippen LogP contribution in [0.5, 0.6) is 0 Å². The first-order valence-electron chi connectivity index (χ1n) is 6.51. The highest BCUT2D eigenvalue weighted by Gasteiger charge is 2.20. The van der Waals surface area contributed by atoms with Crippen LogP contribution in [0.3, 0.4) is 0 Å². The largest absolute Gasteiger partial charge is 0.399 e. The summed E-state index contributed by atoms with van der Waals surface area (Å²) in [5.41, 5.74) is 7.78. The smallest absolute Gasteiger partial charge is 0.0750 e. The molecule has 1 atom stereocenters. The van der Waals surface area contributed by atoms with E-state index in [1.54, 1.807) is 0 Å². The van der Waals surface area contributed by atoms with E-state index in [1.807, 2.05) is 12.1 Å². The third kappa shape index (κ3) is 3.37. The topological polar surface area (TPSA) is 38.5 Å². The zero-order chi connectivity index (χ0) is 12.1. The van der Waals surface area contributed by atoms with Crippen molar-refractivity contribution in [3.8, 4) is 0 Å². The molecule has 0 aliphatic carbocycles. The van der Waals surface area contributed by atoms with Gasteiger partial charge in [-0.15, -0.1) is 0 Å². The van der Waals surface area contributed by atoms with E-state index in [9.17, 15) is 0 Å². The third-order valence-corrected chi connectivity index (χ3v) is 3.19. The van der Waals surface area contributed by atoms with Gasteiger partial charge in [0.1, 0.15) is 0 Å². The molecule has 0 radical (unpaired) electrons. The number of ether oxygens (including phenoxy) is 1. The van der Waals surface area contributed by atoms with Gasteiger partial charge in [-0.1, -0.05) is 6.92 Å². The molecule has 3 nitrogen and oxygen atoms in total. The molecule has 1 fully saturated rings. The lowest BCUT2D eigenvalue weighted by atomic mass is 10.1. The van der Waals surface area contributed by atoms with E-state index in [1.165, 1.54) is 18.5 Å². The van der Waals surface area contributed by atoms with Crippen molar-refractivity contribution in [1.82, 2.24) is 0 Å². The summed E-state index contributed by atoms with van der Waals surface area (Å²) in [5.74, 6) is 0. The monoisotopic (exact) mass is 234 g/mol. The van der Waals surface area contributed by atoms with Gasteiger partial charge in [-0.25, -0.2) is 0 Å². The Morgan fingerprint density at radius 3 is 2.82 bits per heavy atom. The highest BCUT2D eigenvalue weighted by Crippen LogP contribution is 2.22. The summed E-state index contributed by atoms with van der Waals surface area (Å²) in [4.78, 5) is 2.39. The summed E-state index contributed by atoms with van der Waals surface area (Å²) >= 11 is 0. The van der Waals surface area contributed by atoms with Crippen LogP contribution in [0, 0.1) is 0 Å². The maximum atomic E-state index is 5.84. The van der Waals surface area contributed by atoms with Crippen molar-refractivity contribution in [3.63, 3.8) is 0 Å². The lowest BCUT2D eigenvalue weighted by molar-refractivity contribution is 0.0440. The van der Waals surface area contributed by atoms with Crippen molar-refractivity contribution in [2.45, 2.75) is 32.3 Å². The number of nitrogen functional groups attached to an aromatic ring is 1. The molecule has 0 bridgehead atoms. The molecule has 0 aromatic heterocycles. The number of piperidine rings is 1. The summed E-state index contributed by atoms with van der Waals surface area (Å²) in [6, 6.07) is 8.12. The molecule has 0 amide bonds. The first-order chi connectivity index (χ1) is 8.29. The van der Waals surface area contributed by atoms with E-state index in [-0.39, 0.29) is 0 Å². The van der Waals surface area contributed by atoms with Gasteiger partial charge < -0.3 is 15.4 Å². The molecule has 2 rings (SSSR count). The first-order valence-corrected chi connectivity index (χ1v) is 6.51. The second-order valence-electron chi connectivity index (χ2n) is 4.67. The molecule has 1 unspecified atom stereocenters. The van der Waals surface area contributed by atoms with E-state index in [4.69, 9.17) is 10.5 Å². The van der Waals surface area contributed by atoms with E-state index in [0.29, 0.717) is 6.10 Å². The van der Waals surface area contributed by atoms with E-state index < -0.39 is 0 Å². The Labute approximate surface area is 104 Å². The number of hydrogen-bond donors (Lipinski definition) is 1. The van der Waals surface area contributed by atoms with Crippen molar-refractivity contribution >= 4 is 11.4 Å². The van der Waals surface area contributed by atoms with Gasteiger partial charge in [0.15, 0.2) is 0 Å². The average Bonchev–Trinajstić information content (AvgIpc) is 2.37. The molecule has 17 heavy (non-hydrogen) atoms. The van der Waals surface area contributed by atoms with E-state index >= 15 is 0 Å². The number of rotatable bonds is 4. The molecule has 0 saturated carbocycles. The van der Waals surface area contributed by atoms with Crippen LogP contribution in [-0.2, 0) is 4.74 Å². The maximum absolute atomic E-state index is 5.84. The molecular weight excluding hydrogens is 212 g/mol. The molecule has 2 N–H and O–H groups in total. The van der Waals surface area contributed by atoms with Gasteiger partial charge in [0.05, 0.1) is 6.10 Å². The van der Waals surface area contributed by atoms with Gasteiger partial charge in [0.25, 0.3) is 0 Å². The van der Waals surface area contributed by atoms with Crippen LogP contribution < -0.4 is 10.6 Å². The summed E-state index contributed by atoms with van der Waals surface area (Å²) in [7, 11) is 0. The summed E-state index contributed by atoms with van der Waals surface area (Å²) in [6.07, 6.45) is 3.88. The second kappa shape index (κ2) is 5.92. The van der Waals surface area contributed by atoms with Gasteiger partial charge in [-0.3, -0.25) is 0 Å². The molecule has 3 heteroatoms. The predicted molar refractivity (Wildman–Crippen MR) is 72.3 cm³/mol. The molecule has 0 spiro atoms. The summed E-state index contributed by atoms with van der Waals surface area (Å²) in [5, 5.41) is 0. The van der Waals surface area contributed by atoms with Crippen LogP contribution >= 0.6 is 0 Å². The van der Waals surface area contributed by atoms with E-state index in [2.05, 4.69) is 24.0 Å². The molecule has 1 aliphatic rings. The van der Waals surface area contributed by atoms with Gasteiger partial charge in [-0.2, -0.15) is 0 Å². The van der Waals surface area contributed by atoms with Gasteiger partial charge in [-0.05, 0) is 43.5 Å². The SMILES string of the molecule is CCCOC1CCCN(c2ccc(N)cc2)C1. The quantitative estimate of drug-likeness (QED) is 0.814. The van der Waals surface area contributed by atoms with Crippen molar-refractivity contribution in [1.29, 1.82) is 0 Å². The average molecular weight is 234 g/mol. The minimum absolute atomic E-state index is 0.390. The number of benzene rings is 1. The van der Waals surface area contributed by atoms with Crippen LogP contribution in [-0.4, -0.2) is 25.8 Å². The zero-order valence-corrected chi connectivity index (χ0v) is 10.6. The number of anilines is 2. The lowest BCUT2D eigenvalue weighted by Crippen LogP contribution is -2.39. The molecule has 1 aromatic carbocycles. The standard InChI is InChI=1S/C14H22N2O/c1-2-10-17-14-4-3-9-16(11-14)13-7-5-12(15)6-8-13/h5-8,14H,2-4,9-11,15H2,1H3. The highest BCUT2D eigenvalue weighted by molar-refractivity contribution is 5.53. The fraction of sp³-hybridized carbons (Fsp3) is 0.571. The number of nitrogens with two attached hydrogens (primary N) is 1. The van der Waals surface area contributed by atoms with Gasteiger partial charge in [0, 0.05) is 31.1 Å². The molecule has 94 valence electrons. The van der Waals surface area contributed by atoms with Crippen molar-refractivity contribution in [3.05, 3.63) is 24.3 Å². The molecule has 1 heterocycles. The zero-order valence-electron chi connectivity index (χ0n) is 10.6. The normalized spacial score (nSPS) is 20.5. The molecular formula is C14H22N2O. The molecule has 1 aliphatic heterocycles. The Morgan fingerprint density at radius 1 is 1.35 bits per heavy atom. The maximum Gasteiger partial charge on any atom is 0.0750 e. The molecule has 1 aromatic rings. The summed E-state index contributed by atoms with van der Waals surface area (Å²) < 4.78 is 5.84. The number of nitrogens with zero attached hydrogens (tertiary/aromatic N) is 1. The van der Waals surface area contributed by atoms with Crippen LogP contribution in [0.15, 0.2) is 24.3 Å². The highest BCUT2D eigenvalue weighted by atomic mass is 16.5. The minimum atomic E-state index is 0.390. The summed E-state index contributed by atoms with van der Waals surface area (Å²) in [6.45, 7) is 5.15. The van der Waals surface area contributed by atoms with Crippen molar-refractivity contribution in [2.75, 3.05) is 30.3 Å². The van der Waals surface area contributed by atoms with E-state index in [0.717, 1.165) is 31.8 Å². The Hall–Kier alpha value is -1.22. The van der Waals surface area contributed by atoms with Gasteiger partial charge >= 0.3 is 0 Å². The fourth-order valence-corrected chi connectivity index (χ4v) is 2.28. The minimum Gasteiger partial charge on any atom is -0.399 e. The fourth-order valence-electron chi connectivity index (χ4n) is 2.28. The van der Waals surface area contributed by atoms with Crippen LogP contribution in [0.25, 0.3) is 0 Å². The third-order valence-electron chi connectivity index (χ3n) is 3.19. The van der Waals surface area contributed by atoms with Crippen molar-refractivity contribution in [2.24, 2.45) is 0 Å². The molecule has 1 saturated heterocycles. The second-order valence-corrected chi connectivity index (χ2v) is 4.67. The number of hydrogen-bond acceptors (Lipinski definition) is 3.